The van der Waals surface area contributed by atoms with Crippen LogP contribution in [0.3, 0.4) is 0 Å². The quantitative estimate of drug-likeness (QED) is 0.320. The summed E-state index contributed by atoms with van der Waals surface area (Å²) in [6.07, 6.45) is 1.80. The SMILES string of the molecule is Cc1ccc([C@@H]2[C@@H](c3ccccn3)NC(=S)N2c2ccc(NC(=O)COc3ccccc3)cc2)s1. The Morgan fingerprint density at radius 1 is 1.06 bits per heavy atom. The molecule has 4 aromatic rings. The molecule has 1 aliphatic heterocycles. The number of amides is 1. The summed E-state index contributed by atoms with van der Waals surface area (Å²) in [6.45, 7) is 2.05. The summed E-state index contributed by atoms with van der Waals surface area (Å²) >= 11 is 7.53. The first-order chi connectivity index (χ1) is 17.1. The molecule has 2 N–H and O–H groups in total. The molecule has 5 rings (SSSR count). The van der Waals surface area contributed by atoms with Gasteiger partial charge in [-0.2, -0.15) is 0 Å². The van der Waals surface area contributed by atoms with Crippen LogP contribution in [0.25, 0.3) is 0 Å². The first-order valence-electron chi connectivity index (χ1n) is 11.2. The monoisotopic (exact) mass is 500 g/mol. The van der Waals surface area contributed by atoms with Gasteiger partial charge in [-0.05, 0) is 79.8 Å². The van der Waals surface area contributed by atoms with Gasteiger partial charge in [-0.25, -0.2) is 0 Å². The van der Waals surface area contributed by atoms with E-state index in [-0.39, 0.29) is 24.6 Å². The van der Waals surface area contributed by atoms with Gasteiger partial charge in [-0.1, -0.05) is 24.3 Å². The van der Waals surface area contributed by atoms with E-state index in [1.165, 1.54) is 9.75 Å². The molecule has 0 spiro atoms. The summed E-state index contributed by atoms with van der Waals surface area (Å²) in [5.74, 6) is 0.437. The zero-order chi connectivity index (χ0) is 24.2. The van der Waals surface area contributed by atoms with E-state index in [1.54, 1.807) is 17.5 Å². The topological polar surface area (TPSA) is 66.5 Å². The third kappa shape index (κ3) is 5.18. The average Bonchev–Trinajstić information content (AvgIpc) is 3.47. The molecule has 0 radical (unpaired) electrons. The van der Waals surface area contributed by atoms with E-state index in [0.29, 0.717) is 16.5 Å². The molecule has 2 aromatic heterocycles. The van der Waals surface area contributed by atoms with E-state index < -0.39 is 0 Å². The van der Waals surface area contributed by atoms with Crippen molar-refractivity contribution in [3.63, 3.8) is 0 Å². The Labute approximate surface area is 213 Å². The molecular weight excluding hydrogens is 476 g/mol. The zero-order valence-corrected chi connectivity index (χ0v) is 20.7. The van der Waals surface area contributed by atoms with Crippen molar-refractivity contribution < 1.29 is 9.53 Å². The molecule has 0 unspecified atom stereocenters. The van der Waals surface area contributed by atoms with Crippen molar-refractivity contribution in [2.24, 2.45) is 0 Å². The number of thiophene rings is 1. The van der Waals surface area contributed by atoms with E-state index in [1.807, 2.05) is 72.8 Å². The zero-order valence-electron chi connectivity index (χ0n) is 19.0. The van der Waals surface area contributed by atoms with E-state index in [9.17, 15) is 4.79 Å². The van der Waals surface area contributed by atoms with Gasteiger partial charge in [0.15, 0.2) is 11.7 Å². The molecular formula is C27H24N4O2S2. The van der Waals surface area contributed by atoms with Crippen molar-refractivity contribution in [1.82, 2.24) is 10.3 Å². The van der Waals surface area contributed by atoms with Crippen molar-refractivity contribution in [3.8, 4) is 5.75 Å². The largest absolute Gasteiger partial charge is 0.484 e. The molecule has 2 aromatic carbocycles. The van der Waals surface area contributed by atoms with E-state index in [2.05, 4.69) is 39.6 Å². The van der Waals surface area contributed by atoms with Crippen LogP contribution in [0, 0.1) is 6.92 Å². The lowest BCUT2D eigenvalue weighted by Crippen LogP contribution is -2.29. The summed E-state index contributed by atoms with van der Waals surface area (Å²) in [5, 5.41) is 7.00. The molecule has 0 aliphatic carbocycles. The highest BCUT2D eigenvalue weighted by atomic mass is 32.1. The molecule has 3 heterocycles. The van der Waals surface area contributed by atoms with Crippen LogP contribution in [-0.2, 0) is 4.79 Å². The van der Waals surface area contributed by atoms with E-state index in [0.717, 1.165) is 11.4 Å². The van der Waals surface area contributed by atoms with Crippen LogP contribution >= 0.6 is 23.6 Å². The number of benzene rings is 2. The fraction of sp³-hybridized carbons (Fsp3) is 0.148. The Bertz CT molecular complexity index is 1310. The van der Waals surface area contributed by atoms with E-state index in [4.69, 9.17) is 17.0 Å². The van der Waals surface area contributed by atoms with Gasteiger partial charge < -0.3 is 20.3 Å². The average molecular weight is 501 g/mol. The fourth-order valence-corrected chi connectivity index (χ4v) is 5.45. The molecule has 2 atom stereocenters. The first-order valence-corrected chi connectivity index (χ1v) is 12.5. The van der Waals surface area contributed by atoms with Crippen molar-refractivity contribution in [2.75, 3.05) is 16.8 Å². The van der Waals surface area contributed by atoms with Crippen molar-refractivity contribution in [3.05, 3.63) is 107 Å². The lowest BCUT2D eigenvalue weighted by molar-refractivity contribution is -0.118. The minimum atomic E-state index is -0.220. The molecule has 176 valence electrons. The maximum Gasteiger partial charge on any atom is 0.262 e. The van der Waals surface area contributed by atoms with Crippen LogP contribution in [0.15, 0.2) is 91.1 Å². The highest BCUT2D eigenvalue weighted by Gasteiger charge is 2.41. The number of nitrogens with zero attached hydrogens (tertiary/aromatic N) is 2. The second kappa shape index (κ2) is 10.2. The Morgan fingerprint density at radius 2 is 1.83 bits per heavy atom. The van der Waals surface area contributed by atoms with Gasteiger partial charge in [-0.15, -0.1) is 11.3 Å². The van der Waals surface area contributed by atoms with Crippen LogP contribution in [0.1, 0.15) is 27.5 Å². The second-order valence-corrected chi connectivity index (χ2v) is 9.85. The van der Waals surface area contributed by atoms with Gasteiger partial charge in [0.2, 0.25) is 0 Å². The van der Waals surface area contributed by atoms with Gasteiger partial charge >= 0.3 is 0 Å². The highest BCUT2D eigenvalue weighted by molar-refractivity contribution is 7.80. The van der Waals surface area contributed by atoms with Crippen LogP contribution in [0.5, 0.6) is 5.75 Å². The summed E-state index contributed by atoms with van der Waals surface area (Å²) in [4.78, 5) is 21.5. The summed E-state index contributed by atoms with van der Waals surface area (Å²) < 4.78 is 5.53. The number of hydrogen-bond acceptors (Lipinski definition) is 5. The van der Waals surface area contributed by atoms with Gasteiger partial charge in [-0.3, -0.25) is 9.78 Å². The number of hydrogen-bond donors (Lipinski definition) is 2. The number of aryl methyl sites for hydroxylation is 1. The molecule has 8 heteroatoms. The van der Waals surface area contributed by atoms with Crippen LogP contribution in [0.4, 0.5) is 11.4 Å². The molecule has 35 heavy (non-hydrogen) atoms. The highest BCUT2D eigenvalue weighted by Crippen LogP contribution is 2.43. The Morgan fingerprint density at radius 3 is 2.51 bits per heavy atom. The smallest absolute Gasteiger partial charge is 0.262 e. The Balaban J connectivity index is 1.34. The van der Waals surface area contributed by atoms with E-state index >= 15 is 0 Å². The number of nitrogens with one attached hydrogen (secondary N) is 2. The number of carbonyl (C=O) groups is 1. The van der Waals surface area contributed by atoms with Gasteiger partial charge in [0.25, 0.3) is 5.91 Å². The molecule has 1 amide bonds. The number of rotatable bonds is 7. The predicted octanol–water partition coefficient (Wildman–Crippen LogP) is 5.65. The minimum absolute atomic E-state index is 0.0317. The van der Waals surface area contributed by atoms with Crippen molar-refractivity contribution in [1.29, 1.82) is 0 Å². The molecule has 6 nitrogen and oxygen atoms in total. The van der Waals surface area contributed by atoms with Gasteiger partial charge in [0.05, 0.1) is 17.8 Å². The summed E-state index contributed by atoms with van der Waals surface area (Å²) in [7, 11) is 0. The lowest BCUT2D eigenvalue weighted by atomic mass is 10.0. The Hall–Kier alpha value is -3.75. The number of carbonyl (C=O) groups excluding carboxylic acids is 1. The summed E-state index contributed by atoms with van der Waals surface area (Å²) in [6, 6.07) is 27.1. The van der Waals surface area contributed by atoms with Crippen LogP contribution < -0.4 is 20.3 Å². The molecule has 0 bridgehead atoms. The number of para-hydroxylation sites is 1. The fourth-order valence-electron chi connectivity index (χ4n) is 4.10. The first kappa shape index (κ1) is 23.0. The van der Waals surface area contributed by atoms with Crippen LogP contribution in [0.2, 0.25) is 0 Å². The number of aromatic nitrogens is 1. The number of pyridine rings is 1. The number of anilines is 2. The summed E-state index contributed by atoms with van der Waals surface area (Å²) in [5.41, 5.74) is 2.57. The normalized spacial score (nSPS) is 17.2. The molecule has 1 saturated heterocycles. The molecule has 1 aliphatic rings. The van der Waals surface area contributed by atoms with Gasteiger partial charge in [0.1, 0.15) is 5.75 Å². The Kier molecular flexibility index (Phi) is 6.74. The minimum Gasteiger partial charge on any atom is -0.484 e. The van der Waals surface area contributed by atoms with Gasteiger partial charge in [0, 0.05) is 27.3 Å². The maximum atomic E-state index is 12.3. The lowest BCUT2D eigenvalue weighted by Gasteiger charge is -2.27. The van der Waals surface area contributed by atoms with Crippen molar-refractivity contribution in [2.45, 2.75) is 19.0 Å². The number of thiocarbonyl (C=S) groups is 1. The maximum absolute atomic E-state index is 12.3. The van der Waals surface area contributed by atoms with Crippen molar-refractivity contribution >= 4 is 45.9 Å². The molecule has 0 saturated carbocycles. The standard InChI is InChI=1S/C27H24N4O2S2/c1-18-10-15-23(35-18)26-25(22-9-5-6-16-28-22)30-27(34)31(26)20-13-11-19(12-14-20)29-24(32)17-33-21-7-3-2-4-8-21/h2-16,25-26H,17H2,1H3,(H,29,32)(H,30,34)/t25-,26-/m1/s1. The molecule has 1 fully saturated rings. The predicted molar refractivity (Wildman–Crippen MR) is 144 cm³/mol. The van der Waals surface area contributed by atoms with Crippen LogP contribution in [-0.4, -0.2) is 22.6 Å². The second-order valence-electron chi connectivity index (χ2n) is 8.14. The third-order valence-electron chi connectivity index (χ3n) is 5.69. The third-order valence-corrected chi connectivity index (χ3v) is 7.08. The number of ether oxygens (including phenoxy) is 1.